The number of piperidine rings is 1. The molecule has 1 atom stereocenters. The fourth-order valence-electron chi connectivity index (χ4n) is 8.81. The predicted molar refractivity (Wildman–Crippen MR) is 203 cm³/mol. The Hall–Kier alpha value is -4.26. The van der Waals surface area contributed by atoms with E-state index in [1.165, 1.54) is 48.9 Å². The fraction of sp³-hybridized carbons (Fsp3) is 0.475. The van der Waals surface area contributed by atoms with Gasteiger partial charge in [0, 0.05) is 62.2 Å². The Morgan fingerprint density at radius 3 is 2.40 bits per heavy atom. The van der Waals surface area contributed by atoms with Gasteiger partial charge in [-0.15, -0.1) is 0 Å². The third-order valence-electron chi connectivity index (χ3n) is 11.8. The average Bonchev–Trinajstić information content (AvgIpc) is 3.63. The van der Waals surface area contributed by atoms with Crippen molar-refractivity contribution in [3.8, 4) is 0 Å². The maximum atomic E-state index is 13.2. The summed E-state index contributed by atoms with van der Waals surface area (Å²) in [5, 5.41) is 14.9. The molecule has 7 rings (SSSR count). The Balaban J connectivity index is 0.923. The molecule has 0 bridgehead atoms. The largest absolute Gasteiger partial charge is 0.381 e. The van der Waals surface area contributed by atoms with Crippen LogP contribution in [0.25, 0.3) is 5.57 Å². The van der Waals surface area contributed by atoms with E-state index in [4.69, 9.17) is 4.74 Å². The Morgan fingerprint density at radius 2 is 1.71 bits per heavy atom. The molecule has 0 radical (unpaired) electrons. The van der Waals surface area contributed by atoms with Gasteiger partial charge in [-0.1, -0.05) is 36.4 Å². The maximum absolute atomic E-state index is 13.2. The molecule has 1 aliphatic carbocycles. The Kier molecular flexibility index (Phi) is 10.4. The van der Waals surface area contributed by atoms with E-state index in [1.807, 2.05) is 12.1 Å². The monoisotopic (exact) mass is 727 g/mol. The highest BCUT2D eigenvalue weighted by Gasteiger charge is 2.50. The summed E-state index contributed by atoms with van der Waals surface area (Å²) in [6.07, 6.45) is 8.86. The zero-order valence-corrected chi connectivity index (χ0v) is 30.7. The molecule has 0 unspecified atom stereocenters. The molecule has 11 nitrogen and oxygen atoms in total. The van der Waals surface area contributed by atoms with Crippen molar-refractivity contribution in [3.63, 3.8) is 0 Å². The molecule has 3 aliphatic heterocycles. The van der Waals surface area contributed by atoms with Crippen molar-refractivity contribution < 1.29 is 22.9 Å². The second-order valence-corrected chi connectivity index (χ2v) is 16.8. The number of ether oxygens (including phenoxy) is 1. The molecule has 2 N–H and O–H groups in total. The van der Waals surface area contributed by atoms with Crippen molar-refractivity contribution in [2.24, 2.45) is 11.3 Å². The number of hydrogen-bond acceptors (Lipinski definition) is 9. The van der Waals surface area contributed by atoms with Gasteiger partial charge in [-0.25, -0.2) is 13.1 Å². The van der Waals surface area contributed by atoms with Crippen LogP contribution in [0.2, 0.25) is 0 Å². The molecule has 3 heterocycles. The van der Waals surface area contributed by atoms with Crippen molar-refractivity contribution in [3.05, 3.63) is 100 Å². The molecule has 1 spiro atoms. The van der Waals surface area contributed by atoms with Crippen LogP contribution >= 0.6 is 0 Å². The van der Waals surface area contributed by atoms with Gasteiger partial charge < -0.3 is 15.0 Å². The lowest BCUT2D eigenvalue weighted by molar-refractivity contribution is -0.384. The van der Waals surface area contributed by atoms with Crippen LogP contribution < -0.4 is 14.9 Å². The normalized spacial score (nSPS) is 21.1. The minimum absolute atomic E-state index is 0.195. The first kappa shape index (κ1) is 36.1. The number of nitro benzene ring substituents is 1. The smallest absolute Gasteiger partial charge is 0.293 e. The summed E-state index contributed by atoms with van der Waals surface area (Å²) in [6.45, 7) is 11.2. The third kappa shape index (κ3) is 7.60. The van der Waals surface area contributed by atoms with Crippen LogP contribution in [0.4, 0.5) is 17.1 Å². The Bertz CT molecular complexity index is 1910. The number of likely N-dealkylation sites (tertiary alicyclic amines) is 1. The lowest BCUT2D eigenvalue weighted by Gasteiger charge is -2.56. The van der Waals surface area contributed by atoms with E-state index in [2.05, 4.69) is 57.6 Å². The number of sulfonamides is 1. The third-order valence-corrected chi connectivity index (χ3v) is 13.2. The van der Waals surface area contributed by atoms with E-state index in [-0.39, 0.29) is 21.8 Å². The zero-order chi connectivity index (χ0) is 36.5. The molecule has 3 aromatic carbocycles. The van der Waals surface area contributed by atoms with Gasteiger partial charge in [0.25, 0.3) is 21.6 Å². The van der Waals surface area contributed by atoms with Crippen LogP contribution in [0.5, 0.6) is 0 Å². The van der Waals surface area contributed by atoms with Gasteiger partial charge in [-0.05, 0) is 124 Å². The number of anilines is 2. The first-order valence-corrected chi connectivity index (χ1v) is 20.0. The number of rotatable bonds is 11. The van der Waals surface area contributed by atoms with E-state index in [1.54, 1.807) is 12.1 Å². The Morgan fingerprint density at radius 1 is 1.00 bits per heavy atom. The number of nitrogens with zero attached hydrogens (tertiary/aromatic N) is 3. The van der Waals surface area contributed by atoms with Gasteiger partial charge in [-0.2, -0.15) is 0 Å². The highest BCUT2D eigenvalue weighted by atomic mass is 32.2. The fourth-order valence-corrected chi connectivity index (χ4v) is 9.80. The maximum Gasteiger partial charge on any atom is 0.293 e. The van der Waals surface area contributed by atoms with Crippen molar-refractivity contribution in [2.75, 3.05) is 49.6 Å². The molecule has 4 fully saturated rings. The number of carbonyl (C=O) groups is 1. The molecule has 4 aliphatic rings. The summed E-state index contributed by atoms with van der Waals surface area (Å²) in [4.78, 5) is 29.0. The number of amides is 1. The van der Waals surface area contributed by atoms with Gasteiger partial charge in [-0.3, -0.25) is 19.8 Å². The summed E-state index contributed by atoms with van der Waals surface area (Å²) in [6, 6.07) is 20.5. The topological polar surface area (TPSA) is 134 Å². The van der Waals surface area contributed by atoms with Crippen LogP contribution in [-0.2, 0) is 14.8 Å². The van der Waals surface area contributed by atoms with Crippen molar-refractivity contribution in [1.29, 1.82) is 0 Å². The molecule has 1 saturated carbocycles. The second-order valence-electron chi connectivity index (χ2n) is 15.2. The van der Waals surface area contributed by atoms with Crippen molar-refractivity contribution in [1.82, 2.24) is 9.62 Å². The molecule has 3 aromatic rings. The number of carbonyl (C=O) groups excluding carboxylic acids is 1. The Labute approximate surface area is 306 Å². The second kappa shape index (κ2) is 15.0. The molecular weight excluding hydrogens is 679 g/mol. The van der Waals surface area contributed by atoms with Crippen LogP contribution in [-0.4, -0.2) is 69.6 Å². The summed E-state index contributed by atoms with van der Waals surface area (Å²) in [5.74, 6) is -0.477. The summed E-state index contributed by atoms with van der Waals surface area (Å²) < 4.78 is 33.8. The summed E-state index contributed by atoms with van der Waals surface area (Å²) >= 11 is 0. The number of allylic oxidation sites excluding steroid dienone is 1. The van der Waals surface area contributed by atoms with Crippen LogP contribution in [0.15, 0.2) is 78.2 Å². The predicted octanol–water partition coefficient (Wildman–Crippen LogP) is 7.17. The minimum Gasteiger partial charge on any atom is -0.381 e. The molecule has 52 heavy (non-hydrogen) atoms. The van der Waals surface area contributed by atoms with Gasteiger partial charge in [0.15, 0.2) is 0 Å². The molecule has 3 saturated heterocycles. The van der Waals surface area contributed by atoms with Gasteiger partial charge in [0.2, 0.25) is 0 Å². The zero-order valence-electron chi connectivity index (χ0n) is 29.9. The summed E-state index contributed by atoms with van der Waals surface area (Å²) in [5.41, 5.74) is 5.28. The van der Waals surface area contributed by atoms with Crippen LogP contribution in [0, 0.1) is 21.4 Å². The minimum atomic E-state index is -4.36. The molecule has 0 aromatic heterocycles. The number of hydrogen-bond donors (Lipinski definition) is 2. The standard InChI is InChI=1S/C40H49N5O6S/c1-28(2)34-6-3-4-7-35(34)37-8-5-19-44(37)32-25-40(26-32)17-20-43(21-18-40)31-11-9-30(10-12-31)39(46)42-52(49,50)33-13-14-36(38(24-33)45(47)48)41-27-29-15-22-51-23-16-29/h3-4,6-7,9-14,24,29,32,37,41H,1,5,8,15-23,25-27H2,2H3,(H,42,46)/t37-/m0/s1. The van der Waals surface area contributed by atoms with Gasteiger partial charge in [0.1, 0.15) is 5.69 Å². The molecule has 276 valence electrons. The quantitative estimate of drug-likeness (QED) is 0.156. The first-order chi connectivity index (χ1) is 25.0. The number of benzene rings is 3. The lowest BCUT2D eigenvalue weighted by atomic mass is 9.59. The lowest BCUT2D eigenvalue weighted by Crippen LogP contribution is -2.54. The summed E-state index contributed by atoms with van der Waals surface area (Å²) in [7, 11) is -4.36. The van der Waals surface area contributed by atoms with E-state index in [9.17, 15) is 23.3 Å². The van der Waals surface area contributed by atoms with Crippen LogP contribution in [0.1, 0.15) is 85.8 Å². The highest BCUT2D eigenvalue weighted by molar-refractivity contribution is 7.90. The van der Waals surface area contributed by atoms with Gasteiger partial charge in [0.05, 0.1) is 9.82 Å². The number of nitrogens with one attached hydrogen (secondary N) is 2. The van der Waals surface area contributed by atoms with E-state index in [0.717, 1.165) is 62.6 Å². The molecule has 12 heteroatoms. The van der Waals surface area contributed by atoms with Crippen molar-refractivity contribution >= 4 is 38.6 Å². The molecule has 1 amide bonds. The number of nitro groups is 1. The highest BCUT2D eigenvalue weighted by Crippen LogP contribution is 2.54. The average molecular weight is 728 g/mol. The van der Waals surface area contributed by atoms with Gasteiger partial charge >= 0.3 is 0 Å². The van der Waals surface area contributed by atoms with Crippen molar-refractivity contribution in [2.45, 2.75) is 75.3 Å². The van der Waals surface area contributed by atoms with E-state index >= 15 is 0 Å². The van der Waals surface area contributed by atoms with E-state index in [0.29, 0.717) is 43.2 Å². The first-order valence-electron chi connectivity index (χ1n) is 18.5. The van der Waals surface area contributed by atoms with Crippen LogP contribution in [0.3, 0.4) is 0 Å². The SMILES string of the molecule is C=C(C)c1ccccc1[C@@H]1CCCN1C1CC2(CCN(c3ccc(C(=O)NS(=O)(=O)c4ccc(NCC5CCOCC5)c([N+](=O)[O-])c4)cc3)CC2)C1. The molecular formula is C40H49N5O6S. The van der Waals surface area contributed by atoms with E-state index < -0.39 is 20.9 Å².